The fourth-order valence-electron chi connectivity index (χ4n) is 2.69. The maximum atomic E-state index is 12.8. The second-order valence-electron chi connectivity index (χ2n) is 5.56. The molecule has 1 aliphatic heterocycles. The first-order valence-electron chi connectivity index (χ1n) is 7.00. The Bertz CT molecular complexity index is 516. The van der Waals surface area contributed by atoms with Crippen molar-refractivity contribution in [1.82, 2.24) is 4.90 Å². The van der Waals surface area contributed by atoms with E-state index in [1.54, 1.807) is 31.2 Å². The highest BCUT2D eigenvalue weighted by Gasteiger charge is 2.43. The number of alkyl halides is 3. The quantitative estimate of drug-likeness (QED) is 0.853. The van der Waals surface area contributed by atoms with Gasteiger partial charge in [0.15, 0.2) is 0 Å². The molecule has 2 atom stereocenters. The normalized spacial score (nSPS) is 21.1. The molecule has 116 valence electrons. The molecule has 1 aromatic carbocycles. The van der Waals surface area contributed by atoms with Gasteiger partial charge in [0.2, 0.25) is 5.91 Å². The van der Waals surface area contributed by atoms with Gasteiger partial charge >= 0.3 is 6.18 Å². The van der Waals surface area contributed by atoms with Gasteiger partial charge in [-0.1, -0.05) is 12.1 Å². The van der Waals surface area contributed by atoms with Gasteiger partial charge in [-0.2, -0.15) is 13.2 Å². The number of hydrogen-bond donors (Lipinski definition) is 1. The molecule has 1 saturated heterocycles. The van der Waals surface area contributed by atoms with Gasteiger partial charge in [0.05, 0.1) is 11.8 Å². The van der Waals surface area contributed by atoms with E-state index in [1.807, 2.05) is 0 Å². The minimum atomic E-state index is -4.24. The Balaban J connectivity index is 2.09. The molecule has 0 aromatic heterocycles. The molecule has 1 fully saturated rings. The van der Waals surface area contributed by atoms with Gasteiger partial charge in [-0.25, -0.2) is 0 Å². The third-order valence-electron chi connectivity index (χ3n) is 3.98. The molecular weight excluding hydrogens is 281 g/mol. The van der Waals surface area contributed by atoms with Gasteiger partial charge in [0.25, 0.3) is 0 Å². The van der Waals surface area contributed by atoms with E-state index in [1.165, 1.54) is 4.90 Å². The van der Waals surface area contributed by atoms with Crippen molar-refractivity contribution in [3.63, 3.8) is 0 Å². The van der Waals surface area contributed by atoms with Crippen molar-refractivity contribution < 1.29 is 18.0 Å². The Hall–Kier alpha value is -1.72. The fraction of sp³-hybridized carbons (Fsp3) is 0.533. The molecule has 3 nitrogen and oxygen atoms in total. The molecule has 2 N–H and O–H groups in total. The monoisotopic (exact) mass is 300 g/mol. The van der Waals surface area contributed by atoms with Crippen LogP contribution in [0.2, 0.25) is 0 Å². The van der Waals surface area contributed by atoms with Crippen LogP contribution in [0.25, 0.3) is 0 Å². The Morgan fingerprint density at radius 1 is 1.43 bits per heavy atom. The predicted molar refractivity (Wildman–Crippen MR) is 74.6 cm³/mol. The molecular formula is C15H19F3N2O. The second-order valence-corrected chi connectivity index (χ2v) is 5.56. The summed E-state index contributed by atoms with van der Waals surface area (Å²) in [6, 6.07) is 6.91. The zero-order valence-electron chi connectivity index (χ0n) is 11.9. The number of anilines is 1. The lowest BCUT2D eigenvalue weighted by Gasteiger charge is -2.35. The van der Waals surface area contributed by atoms with E-state index >= 15 is 0 Å². The van der Waals surface area contributed by atoms with E-state index in [-0.39, 0.29) is 18.9 Å². The first kappa shape index (κ1) is 15.7. The number of hydrogen-bond acceptors (Lipinski definition) is 2. The molecule has 0 bridgehead atoms. The van der Waals surface area contributed by atoms with Gasteiger partial charge in [0.1, 0.15) is 0 Å². The topological polar surface area (TPSA) is 46.3 Å². The summed E-state index contributed by atoms with van der Waals surface area (Å²) in [5.41, 5.74) is 6.95. The number of carbonyl (C=O) groups is 1. The summed E-state index contributed by atoms with van der Waals surface area (Å²) in [6.07, 6.45) is -3.75. The van der Waals surface area contributed by atoms with Crippen LogP contribution < -0.4 is 5.73 Å². The van der Waals surface area contributed by atoms with Crippen molar-refractivity contribution in [2.75, 3.05) is 18.8 Å². The molecule has 2 unspecified atom stereocenters. The van der Waals surface area contributed by atoms with Crippen LogP contribution in [-0.4, -0.2) is 30.1 Å². The number of likely N-dealkylation sites (tertiary alicyclic amines) is 1. The van der Waals surface area contributed by atoms with Crippen LogP contribution in [-0.2, 0) is 4.79 Å². The van der Waals surface area contributed by atoms with Gasteiger partial charge in [-0.3, -0.25) is 4.79 Å². The number of halogens is 3. The Labute approximate surface area is 121 Å². The summed E-state index contributed by atoms with van der Waals surface area (Å²) in [5, 5.41) is 0. The van der Waals surface area contributed by atoms with Crippen LogP contribution >= 0.6 is 0 Å². The number of nitrogen functional groups attached to an aromatic ring is 1. The number of carbonyl (C=O) groups excluding carboxylic acids is 1. The first-order valence-corrected chi connectivity index (χ1v) is 7.00. The van der Waals surface area contributed by atoms with E-state index < -0.39 is 18.0 Å². The number of piperidine rings is 1. The zero-order valence-corrected chi connectivity index (χ0v) is 11.9. The standard InChI is InChI=1S/C15H19F3N2O/c1-10(11-4-2-6-13(19)8-11)14(21)20-7-3-5-12(9-20)15(16,17)18/h2,4,6,8,10,12H,3,5,7,9,19H2,1H3. The van der Waals surface area contributed by atoms with Crippen molar-refractivity contribution in [1.29, 1.82) is 0 Å². The van der Waals surface area contributed by atoms with Crippen LogP contribution in [0.3, 0.4) is 0 Å². The van der Waals surface area contributed by atoms with Gasteiger partial charge in [0, 0.05) is 18.8 Å². The molecule has 6 heteroatoms. The van der Waals surface area contributed by atoms with E-state index in [2.05, 4.69) is 0 Å². The molecule has 0 spiro atoms. The van der Waals surface area contributed by atoms with E-state index in [4.69, 9.17) is 5.73 Å². The van der Waals surface area contributed by atoms with Crippen LogP contribution in [0.4, 0.5) is 18.9 Å². The summed E-state index contributed by atoms with van der Waals surface area (Å²) in [5.74, 6) is -2.17. The smallest absolute Gasteiger partial charge is 0.393 e. The number of nitrogens with zero attached hydrogens (tertiary/aromatic N) is 1. The Morgan fingerprint density at radius 2 is 2.14 bits per heavy atom. The van der Waals surface area contributed by atoms with Crippen LogP contribution in [0.15, 0.2) is 24.3 Å². The Kier molecular flexibility index (Phi) is 4.44. The van der Waals surface area contributed by atoms with Crippen molar-refractivity contribution in [2.24, 2.45) is 5.92 Å². The van der Waals surface area contributed by atoms with Crippen molar-refractivity contribution in [3.05, 3.63) is 29.8 Å². The van der Waals surface area contributed by atoms with Gasteiger partial charge in [-0.15, -0.1) is 0 Å². The summed E-state index contributed by atoms with van der Waals surface area (Å²) >= 11 is 0. The van der Waals surface area contributed by atoms with Gasteiger partial charge < -0.3 is 10.6 Å². The number of benzene rings is 1. The lowest BCUT2D eigenvalue weighted by molar-refractivity contribution is -0.188. The second kappa shape index (κ2) is 5.95. The van der Waals surface area contributed by atoms with E-state index in [0.717, 1.165) is 5.56 Å². The van der Waals surface area contributed by atoms with Crippen molar-refractivity contribution in [3.8, 4) is 0 Å². The highest BCUT2D eigenvalue weighted by atomic mass is 19.4. The van der Waals surface area contributed by atoms with Crippen LogP contribution in [0.5, 0.6) is 0 Å². The predicted octanol–water partition coefficient (Wildman–Crippen LogP) is 3.17. The highest BCUT2D eigenvalue weighted by Crippen LogP contribution is 2.34. The largest absolute Gasteiger partial charge is 0.399 e. The third kappa shape index (κ3) is 3.68. The molecule has 1 aliphatic rings. The average Bonchev–Trinajstić information content (AvgIpc) is 2.45. The van der Waals surface area contributed by atoms with E-state index in [9.17, 15) is 18.0 Å². The summed E-state index contributed by atoms with van der Waals surface area (Å²) in [7, 11) is 0. The lowest BCUT2D eigenvalue weighted by Crippen LogP contribution is -2.45. The SMILES string of the molecule is CC(C(=O)N1CCCC(C(F)(F)F)C1)c1cccc(N)c1. The van der Waals surface area contributed by atoms with Crippen molar-refractivity contribution in [2.45, 2.75) is 31.9 Å². The number of rotatable bonds is 2. The minimum absolute atomic E-state index is 0.0972. The summed E-state index contributed by atoms with van der Waals surface area (Å²) in [4.78, 5) is 13.7. The summed E-state index contributed by atoms with van der Waals surface area (Å²) in [6.45, 7) is 1.85. The molecule has 2 rings (SSSR count). The van der Waals surface area contributed by atoms with Crippen LogP contribution in [0.1, 0.15) is 31.2 Å². The highest BCUT2D eigenvalue weighted by molar-refractivity contribution is 5.83. The fourth-order valence-corrected chi connectivity index (χ4v) is 2.69. The molecule has 21 heavy (non-hydrogen) atoms. The summed E-state index contributed by atoms with van der Waals surface area (Å²) < 4.78 is 38.4. The minimum Gasteiger partial charge on any atom is -0.399 e. The van der Waals surface area contributed by atoms with Gasteiger partial charge in [-0.05, 0) is 37.5 Å². The molecule has 1 amide bonds. The van der Waals surface area contributed by atoms with E-state index in [0.29, 0.717) is 18.7 Å². The molecule has 0 saturated carbocycles. The lowest BCUT2D eigenvalue weighted by atomic mass is 9.94. The molecule has 1 heterocycles. The maximum Gasteiger partial charge on any atom is 0.393 e. The van der Waals surface area contributed by atoms with Crippen molar-refractivity contribution >= 4 is 11.6 Å². The number of amides is 1. The maximum absolute atomic E-state index is 12.8. The molecule has 1 aromatic rings. The first-order chi connectivity index (χ1) is 9.79. The Morgan fingerprint density at radius 3 is 2.76 bits per heavy atom. The molecule has 0 radical (unpaired) electrons. The number of nitrogens with two attached hydrogens (primary N) is 1. The molecule has 0 aliphatic carbocycles. The van der Waals surface area contributed by atoms with Crippen LogP contribution in [0, 0.1) is 5.92 Å². The zero-order chi connectivity index (χ0) is 15.6. The third-order valence-corrected chi connectivity index (χ3v) is 3.98. The average molecular weight is 300 g/mol.